The summed E-state index contributed by atoms with van der Waals surface area (Å²) in [5.74, 6) is -0.336. The van der Waals surface area contributed by atoms with Crippen molar-refractivity contribution >= 4 is 28.0 Å². The first-order chi connectivity index (χ1) is 8.60. The molecule has 0 bridgehead atoms. The Morgan fingerprint density at radius 1 is 1.72 bits per heavy atom. The van der Waals surface area contributed by atoms with Crippen LogP contribution in [-0.2, 0) is 4.74 Å². The first-order valence-electron chi connectivity index (χ1n) is 6.11. The van der Waals surface area contributed by atoms with Gasteiger partial charge in [0.15, 0.2) is 0 Å². The number of anilines is 2. The van der Waals surface area contributed by atoms with Gasteiger partial charge in [-0.05, 0) is 33.0 Å². The first-order valence-corrected chi connectivity index (χ1v) is 6.93. The molecule has 0 saturated carbocycles. The molecule has 1 saturated heterocycles. The van der Waals surface area contributed by atoms with Gasteiger partial charge in [-0.15, -0.1) is 11.3 Å². The van der Waals surface area contributed by atoms with Gasteiger partial charge in [0, 0.05) is 12.6 Å². The standard InChI is InChI=1S/C12H19N3O2S/c1-3-17-12(16)11-9(13)6-10(18-11)14-8-4-5-15(2)7-8/h6,8,14H,3-5,7,13H2,1-2H3. The number of nitrogen functional groups attached to an aromatic ring is 1. The molecule has 0 amide bonds. The van der Waals surface area contributed by atoms with Crippen LogP contribution < -0.4 is 11.1 Å². The molecule has 1 unspecified atom stereocenters. The van der Waals surface area contributed by atoms with Gasteiger partial charge in [0.2, 0.25) is 0 Å². The molecule has 1 aromatic heterocycles. The molecular weight excluding hydrogens is 250 g/mol. The number of carbonyl (C=O) groups is 1. The summed E-state index contributed by atoms with van der Waals surface area (Å²) < 4.78 is 4.96. The number of carbonyl (C=O) groups excluding carboxylic acids is 1. The molecule has 6 heteroatoms. The van der Waals surface area contributed by atoms with Crippen LogP contribution in [0.4, 0.5) is 10.7 Å². The number of thiophene rings is 1. The molecule has 2 rings (SSSR count). The second-order valence-corrected chi connectivity index (χ2v) is 5.56. The quantitative estimate of drug-likeness (QED) is 0.813. The summed E-state index contributed by atoms with van der Waals surface area (Å²) in [5, 5.41) is 4.36. The fraction of sp³-hybridized carbons (Fsp3) is 0.583. The smallest absolute Gasteiger partial charge is 0.350 e. The van der Waals surface area contributed by atoms with Gasteiger partial charge < -0.3 is 20.7 Å². The van der Waals surface area contributed by atoms with Gasteiger partial charge >= 0.3 is 5.97 Å². The highest BCUT2D eigenvalue weighted by molar-refractivity contribution is 7.18. The van der Waals surface area contributed by atoms with Gasteiger partial charge in [0.1, 0.15) is 4.88 Å². The van der Waals surface area contributed by atoms with Crippen molar-refractivity contribution in [3.05, 3.63) is 10.9 Å². The molecule has 1 fully saturated rings. The van der Waals surface area contributed by atoms with Gasteiger partial charge in [0.05, 0.1) is 17.3 Å². The summed E-state index contributed by atoms with van der Waals surface area (Å²) in [4.78, 5) is 14.4. The minimum absolute atomic E-state index is 0.336. The van der Waals surface area contributed by atoms with Crippen LogP contribution in [0, 0.1) is 0 Å². The van der Waals surface area contributed by atoms with E-state index >= 15 is 0 Å². The lowest BCUT2D eigenvalue weighted by Crippen LogP contribution is -2.22. The third-order valence-electron chi connectivity index (χ3n) is 2.96. The topological polar surface area (TPSA) is 67.6 Å². The Labute approximate surface area is 111 Å². The average Bonchev–Trinajstić information content (AvgIpc) is 2.86. The van der Waals surface area contributed by atoms with E-state index in [4.69, 9.17) is 10.5 Å². The van der Waals surface area contributed by atoms with Gasteiger partial charge in [-0.25, -0.2) is 4.79 Å². The Bertz CT molecular complexity index is 433. The zero-order valence-electron chi connectivity index (χ0n) is 10.7. The number of nitrogens with one attached hydrogen (secondary N) is 1. The van der Waals surface area contributed by atoms with Crippen molar-refractivity contribution in [3.8, 4) is 0 Å². The summed E-state index contributed by atoms with van der Waals surface area (Å²) in [6, 6.07) is 2.25. The maximum atomic E-state index is 11.6. The second-order valence-electron chi connectivity index (χ2n) is 4.51. The van der Waals surface area contributed by atoms with Gasteiger partial charge in [-0.1, -0.05) is 0 Å². The van der Waals surface area contributed by atoms with E-state index in [0.717, 1.165) is 24.5 Å². The Kier molecular flexibility index (Phi) is 4.08. The zero-order chi connectivity index (χ0) is 13.1. The lowest BCUT2D eigenvalue weighted by molar-refractivity contribution is 0.0533. The second kappa shape index (κ2) is 5.58. The predicted octanol–water partition coefficient (Wildman–Crippen LogP) is 1.62. The normalized spacial score (nSPS) is 20.0. The third kappa shape index (κ3) is 2.94. The molecule has 18 heavy (non-hydrogen) atoms. The zero-order valence-corrected chi connectivity index (χ0v) is 11.5. The number of hydrogen-bond donors (Lipinski definition) is 2. The fourth-order valence-corrected chi connectivity index (χ4v) is 3.04. The summed E-state index contributed by atoms with van der Waals surface area (Å²) in [5.41, 5.74) is 6.33. The Hall–Kier alpha value is -1.27. The number of likely N-dealkylation sites (tertiary alicyclic amines) is 1. The molecule has 100 valence electrons. The van der Waals surface area contributed by atoms with Crippen LogP contribution in [-0.4, -0.2) is 43.7 Å². The fourth-order valence-electron chi connectivity index (χ4n) is 2.09. The molecule has 0 radical (unpaired) electrons. The largest absolute Gasteiger partial charge is 0.462 e. The van der Waals surface area contributed by atoms with E-state index in [0.29, 0.717) is 23.2 Å². The highest BCUT2D eigenvalue weighted by atomic mass is 32.1. The van der Waals surface area contributed by atoms with E-state index in [-0.39, 0.29) is 5.97 Å². The Balaban J connectivity index is 2.02. The Morgan fingerprint density at radius 2 is 2.50 bits per heavy atom. The maximum absolute atomic E-state index is 11.6. The molecule has 0 aliphatic carbocycles. The van der Waals surface area contributed by atoms with Crippen LogP contribution in [0.1, 0.15) is 23.0 Å². The van der Waals surface area contributed by atoms with E-state index < -0.39 is 0 Å². The van der Waals surface area contributed by atoms with Crippen LogP contribution in [0.2, 0.25) is 0 Å². The van der Waals surface area contributed by atoms with Crippen molar-refractivity contribution < 1.29 is 9.53 Å². The summed E-state index contributed by atoms with van der Waals surface area (Å²) in [6.45, 7) is 4.28. The maximum Gasteiger partial charge on any atom is 0.350 e. The minimum Gasteiger partial charge on any atom is -0.462 e. The summed E-state index contributed by atoms with van der Waals surface area (Å²) >= 11 is 1.37. The molecule has 3 N–H and O–H groups in total. The van der Waals surface area contributed by atoms with Crippen molar-refractivity contribution in [2.75, 3.05) is 37.8 Å². The average molecular weight is 269 g/mol. The number of hydrogen-bond acceptors (Lipinski definition) is 6. The molecule has 0 aromatic carbocycles. The van der Waals surface area contributed by atoms with Crippen molar-refractivity contribution in [3.63, 3.8) is 0 Å². The van der Waals surface area contributed by atoms with Gasteiger partial charge in [-0.3, -0.25) is 0 Å². The van der Waals surface area contributed by atoms with E-state index in [2.05, 4.69) is 17.3 Å². The molecule has 5 nitrogen and oxygen atoms in total. The molecule has 1 atom stereocenters. The lowest BCUT2D eigenvalue weighted by atomic mass is 10.3. The van der Waals surface area contributed by atoms with Gasteiger partial charge in [0.25, 0.3) is 0 Å². The SMILES string of the molecule is CCOC(=O)c1sc(NC2CCN(C)C2)cc1N. The van der Waals surface area contributed by atoms with Crippen LogP contribution in [0.3, 0.4) is 0 Å². The molecule has 1 aliphatic heterocycles. The van der Waals surface area contributed by atoms with E-state index in [1.807, 2.05) is 6.07 Å². The molecule has 0 spiro atoms. The van der Waals surface area contributed by atoms with E-state index in [9.17, 15) is 4.79 Å². The monoisotopic (exact) mass is 269 g/mol. The number of nitrogens with two attached hydrogens (primary N) is 1. The van der Waals surface area contributed by atoms with Crippen molar-refractivity contribution in [1.82, 2.24) is 4.90 Å². The number of rotatable bonds is 4. The van der Waals surface area contributed by atoms with Gasteiger partial charge in [-0.2, -0.15) is 0 Å². The molecule has 2 heterocycles. The van der Waals surface area contributed by atoms with Crippen molar-refractivity contribution in [2.45, 2.75) is 19.4 Å². The molecule has 1 aliphatic rings. The summed E-state index contributed by atoms with van der Waals surface area (Å²) in [7, 11) is 2.11. The highest BCUT2D eigenvalue weighted by Crippen LogP contribution is 2.31. The summed E-state index contributed by atoms with van der Waals surface area (Å²) in [6.07, 6.45) is 1.11. The number of likely N-dealkylation sites (N-methyl/N-ethyl adjacent to an activating group) is 1. The predicted molar refractivity (Wildman–Crippen MR) is 74.2 cm³/mol. The van der Waals surface area contributed by atoms with Crippen LogP contribution in [0.15, 0.2) is 6.07 Å². The minimum atomic E-state index is -0.336. The van der Waals surface area contributed by atoms with Crippen molar-refractivity contribution in [1.29, 1.82) is 0 Å². The first kappa shape index (κ1) is 13.2. The van der Waals surface area contributed by atoms with E-state index in [1.165, 1.54) is 11.3 Å². The number of ether oxygens (including phenoxy) is 1. The van der Waals surface area contributed by atoms with E-state index in [1.54, 1.807) is 6.92 Å². The molecule has 1 aromatic rings. The number of esters is 1. The van der Waals surface area contributed by atoms with Crippen LogP contribution >= 0.6 is 11.3 Å². The van der Waals surface area contributed by atoms with Crippen LogP contribution in [0.25, 0.3) is 0 Å². The Morgan fingerprint density at radius 3 is 3.11 bits per heavy atom. The molecular formula is C12H19N3O2S. The highest BCUT2D eigenvalue weighted by Gasteiger charge is 2.21. The van der Waals surface area contributed by atoms with Crippen LogP contribution in [0.5, 0.6) is 0 Å². The third-order valence-corrected chi connectivity index (χ3v) is 4.02. The lowest BCUT2D eigenvalue weighted by Gasteiger charge is -2.11. The number of nitrogens with zero attached hydrogens (tertiary/aromatic N) is 1. The van der Waals surface area contributed by atoms with Crippen molar-refractivity contribution in [2.24, 2.45) is 0 Å².